The van der Waals surface area contributed by atoms with E-state index in [2.05, 4.69) is 9.97 Å². The minimum absolute atomic E-state index is 0.0478. The molecule has 0 bridgehead atoms. The average Bonchev–Trinajstić information content (AvgIpc) is 3.04. The lowest BCUT2D eigenvalue weighted by Gasteiger charge is -2.30. The number of hydrogen-bond acceptors (Lipinski definition) is 7. The molecule has 212 valence electrons. The van der Waals surface area contributed by atoms with Gasteiger partial charge in [-0.15, -0.1) is 0 Å². The summed E-state index contributed by atoms with van der Waals surface area (Å²) in [5.74, 6) is -6.81. The third-order valence-corrected chi connectivity index (χ3v) is 6.73. The highest BCUT2D eigenvalue weighted by molar-refractivity contribution is 7.80. The third kappa shape index (κ3) is 4.97. The summed E-state index contributed by atoms with van der Waals surface area (Å²) in [4.78, 5) is 23.0. The van der Waals surface area contributed by atoms with E-state index in [1.54, 1.807) is 0 Å². The first-order chi connectivity index (χ1) is 18.5. The number of benzene rings is 1. The lowest BCUT2D eigenvalue weighted by atomic mass is 9.93. The maximum atomic E-state index is 15.4. The topological polar surface area (TPSA) is 103 Å². The number of nitrogens with zero attached hydrogens (tertiary/aromatic N) is 5. The molecule has 1 aliphatic heterocycles. The first kappa shape index (κ1) is 29.2. The Balaban J connectivity index is 1.83. The van der Waals surface area contributed by atoms with E-state index in [1.807, 2.05) is 0 Å². The van der Waals surface area contributed by atoms with Crippen LogP contribution in [0.25, 0.3) is 10.9 Å². The Morgan fingerprint density at radius 1 is 1.25 bits per heavy atom. The Morgan fingerprint density at radius 3 is 2.50 bits per heavy atom. The number of nitriles is 1. The summed E-state index contributed by atoms with van der Waals surface area (Å²) in [6.07, 6.45) is -3.17. The van der Waals surface area contributed by atoms with Gasteiger partial charge >= 0.3 is 12.1 Å². The molecule has 2 aliphatic rings. The Kier molecular flexibility index (Phi) is 7.31. The van der Waals surface area contributed by atoms with Crippen LogP contribution in [0.5, 0.6) is 5.88 Å². The fourth-order valence-corrected chi connectivity index (χ4v) is 5.06. The van der Waals surface area contributed by atoms with Crippen LogP contribution in [0.2, 0.25) is 0 Å². The van der Waals surface area contributed by atoms with E-state index in [4.69, 9.17) is 27.3 Å². The van der Waals surface area contributed by atoms with Crippen LogP contribution in [-0.2, 0) is 10.7 Å². The maximum absolute atomic E-state index is 15.4. The monoisotopic (exact) mass is 585 g/mol. The van der Waals surface area contributed by atoms with Gasteiger partial charge in [-0.05, 0) is 50.7 Å². The second-order valence-corrected chi connectivity index (χ2v) is 9.96. The highest BCUT2D eigenvalue weighted by Crippen LogP contribution is 2.41. The number of alkyl halides is 5. The van der Waals surface area contributed by atoms with Gasteiger partial charge in [0, 0.05) is 12.6 Å². The molecule has 1 saturated heterocycles. The van der Waals surface area contributed by atoms with E-state index in [0.717, 1.165) is 23.1 Å². The van der Waals surface area contributed by atoms with Crippen molar-refractivity contribution in [1.29, 1.82) is 5.26 Å². The molecule has 40 heavy (non-hydrogen) atoms. The average molecular weight is 586 g/mol. The van der Waals surface area contributed by atoms with E-state index >= 15 is 4.39 Å². The molecule has 0 spiro atoms. The van der Waals surface area contributed by atoms with Gasteiger partial charge in [0.2, 0.25) is 11.7 Å². The van der Waals surface area contributed by atoms with Crippen molar-refractivity contribution in [2.45, 2.75) is 50.9 Å². The minimum Gasteiger partial charge on any atom is -0.475 e. The first-order valence-electron chi connectivity index (χ1n) is 11.7. The number of aliphatic hydroxyl groups is 1. The fourth-order valence-electron chi connectivity index (χ4n) is 4.51. The number of fused-ring (bicyclic) bond motifs is 1. The number of hydrogen-bond donors (Lipinski definition) is 1. The van der Waals surface area contributed by atoms with E-state index in [0.29, 0.717) is 6.92 Å². The van der Waals surface area contributed by atoms with Crippen LogP contribution in [0.4, 0.5) is 32.0 Å². The molecule has 2 aromatic rings. The van der Waals surface area contributed by atoms with Crippen LogP contribution in [-0.4, -0.2) is 62.0 Å². The van der Waals surface area contributed by atoms with Gasteiger partial charge in [-0.25, -0.2) is 9.37 Å². The van der Waals surface area contributed by atoms with E-state index < -0.39 is 70.4 Å². The van der Waals surface area contributed by atoms with Gasteiger partial charge in [0.15, 0.2) is 10.9 Å². The molecule has 0 radical (unpaired) electrons. The van der Waals surface area contributed by atoms with Crippen molar-refractivity contribution in [3.63, 3.8) is 0 Å². The quantitative estimate of drug-likeness (QED) is 0.386. The molecule has 1 amide bonds. The summed E-state index contributed by atoms with van der Waals surface area (Å²) in [6, 6.07) is 2.46. The number of carbonyl (C=O) groups is 1. The Hall–Kier alpha value is -3.77. The maximum Gasteiger partial charge on any atom is 0.417 e. The summed E-state index contributed by atoms with van der Waals surface area (Å²) in [5.41, 5.74) is -3.88. The SMILES string of the molecule is CC(F)(F)c1nc(OCCO)c2cc(N3C(=S)N(C4C=C(C(F)(F)F)C(C#N)=CC4)C(=O)C3(C)C)cc(F)c2n1. The van der Waals surface area contributed by atoms with E-state index in [9.17, 15) is 26.7 Å². The Labute approximate surface area is 229 Å². The number of halogens is 6. The van der Waals surface area contributed by atoms with Crippen molar-refractivity contribution in [1.82, 2.24) is 14.9 Å². The van der Waals surface area contributed by atoms with Gasteiger partial charge in [-0.2, -0.15) is 32.2 Å². The molecule has 1 fully saturated rings. The first-order valence-corrected chi connectivity index (χ1v) is 12.1. The summed E-state index contributed by atoms with van der Waals surface area (Å²) in [5, 5.41) is 17.8. The molecule has 1 aromatic carbocycles. The highest BCUT2D eigenvalue weighted by atomic mass is 32.1. The van der Waals surface area contributed by atoms with Crippen LogP contribution in [0.15, 0.2) is 35.4 Å². The number of ether oxygens (including phenoxy) is 1. The van der Waals surface area contributed by atoms with Crippen LogP contribution in [0.1, 0.15) is 33.0 Å². The predicted molar refractivity (Wildman–Crippen MR) is 134 cm³/mol. The predicted octanol–water partition coefficient (Wildman–Crippen LogP) is 4.67. The van der Waals surface area contributed by atoms with Crippen molar-refractivity contribution >= 4 is 39.8 Å². The van der Waals surface area contributed by atoms with Crippen molar-refractivity contribution in [2.75, 3.05) is 18.1 Å². The number of aromatic nitrogens is 2. The molecular weight excluding hydrogens is 564 g/mol. The van der Waals surface area contributed by atoms with Crippen molar-refractivity contribution < 1.29 is 41.0 Å². The largest absolute Gasteiger partial charge is 0.475 e. The van der Waals surface area contributed by atoms with Crippen LogP contribution in [0, 0.1) is 17.1 Å². The lowest BCUT2D eigenvalue weighted by molar-refractivity contribution is -0.130. The standard InChI is InChI=1S/C25H21F6N5O3S/c1-23(2)21(38)35(13-5-4-12(11-32)16(9-13)25(29,30)31)22(40)36(23)14-8-15-18(17(26)10-14)33-20(24(3,27)28)34-19(15)39-7-6-37/h4,8-10,13,37H,5-7H2,1-3H3. The zero-order valence-electron chi connectivity index (χ0n) is 21.2. The molecule has 1 unspecified atom stereocenters. The number of rotatable bonds is 6. The highest BCUT2D eigenvalue weighted by Gasteiger charge is 2.52. The number of aliphatic hydroxyl groups excluding tert-OH is 1. The molecule has 2 heterocycles. The van der Waals surface area contributed by atoms with Crippen molar-refractivity contribution in [3.8, 4) is 11.9 Å². The van der Waals surface area contributed by atoms with Gasteiger partial charge < -0.3 is 14.7 Å². The third-order valence-electron chi connectivity index (χ3n) is 6.35. The fraction of sp³-hybridized carbons (Fsp3) is 0.400. The number of amides is 1. The van der Waals surface area contributed by atoms with Gasteiger partial charge in [-0.1, -0.05) is 6.08 Å². The molecule has 15 heteroatoms. The number of anilines is 1. The second kappa shape index (κ2) is 10.0. The number of thiocarbonyl (C=S) groups is 1. The number of carbonyl (C=O) groups excluding carboxylic acids is 1. The van der Waals surface area contributed by atoms with Crippen LogP contribution in [0.3, 0.4) is 0 Å². The normalized spacial score (nSPS) is 19.6. The second-order valence-electron chi connectivity index (χ2n) is 9.60. The Bertz CT molecular complexity index is 1510. The van der Waals surface area contributed by atoms with Gasteiger partial charge in [0.1, 0.15) is 17.7 Å². The summed E-state index contributed by atoms with van der Waals surface area (Å²) >= 11 is 5.50. The summed E-state index contributed by atoms with van der Waals surface area (Å²) in [7, 11) is 0. The van der Waals surface area contributed by atoms with E-state index in [1.165, 1.54) is 30.9 Å². The van der Waals surface area contributed by atoms with E-state index in [-0.39, 0.29) is 29.2 Å². The number of allylic oxidation sites excluding steroid dienone is 2. The van der Waals surface area contributed by atoms with Gasteiger partial charge in [0.05, 0.1) is 35.3 Å². The van der Waals surface area contributed by atoms with Crippen LogP contribution >= 0.6 is 12.2 Å². The molecule has 1 aromatic heterocycles. The molecule has 1 atom stereocenters. The van der Waals surface area contributed by atoms with Gasteiger partial charge in [0.25, 0.3) is 5.91 Å². The van der Waals surface area contributed by atoms with Crippen molar-refractivity contribution in [2.24, 2.45) is 0 Å². The molecule has 1 N–H and O–H groups in total. The molecule has 8 nitrogen and oxygen atoms in total. The van der Waals surface area contributed by atoms with Crippen LogP contribution < -0.4 is 9.64 Å². The zero-order chi connectivity index (χ0) is 29.8. The summed E-state index contributed by atoms with van der Waals surface area (Å²) in [6.45, 7) is 2.51. The van der Waals surface area contributed by atoms with Gasteiger partial charge in [-0.3, -0.25) is 9.69 Å². The smallest absolute Gasteiger partial charge is 0.417 e. The molecule has 4 rings (SSSR count). The summed E-state index contributed by atoms with van der Waals surface area (Å²) < 4.78 is 89.5. The minimum atomic E-state index is -4.86. The molecule has 0 saturated carbocycles. The van der Waals surface area contributed by atoms with Crippen molar-refractivity contribution in [3.05, 3.63) is 47.1 Å². The molecule has 1 aliphatic carbocycles. The molecular formula is C25H21F6N5O3S. The zero-order valence-corrected chi connectivity index (χ0v) is 22.0. The Morgan fingerprint density at radius 2 is 1.93 bits per heavy atom. The lowest BCUT2D eigenvalue weighted by Crippen LogP contribution is -2.44.